The van der Waals surface area contributed by atoms with Crippen LogP contribution in [0.2, 0.25) is 0 Å². The van der Waals surface area contributed by atoms with Crippen molar-refractivity contribution in [2.24, 2.45) is 0 Å². The van der Waals surface area contributed by atoms with E-state index in [4.69, 9.17) is 9.47 Å². The molecule has 2 heterocycles. The first-order valence-electron chi connectivity index (χ1n) is 10.6. The number of H-pyrrole nitrogens is 1. The van der Waals surface area contributed by atoms with Crippen LogP contribution in [-0.4, -0.2) is 33.5 Å². The van der Waals surface area contributed by atoms with Gasteiger partial charge in [0.15, 0.2) is 11.5 Å². The minimum Gasteiger partial charge on any atom is -0.485 e. The predicted molar refractivity (Wildman–Crippen MR) is 121 cm³/mol. The van der Waals surface area contributed by atoms with E-state index in [1.165, 1.54) is 0 Å². The molecule has 0 fully saturated rings. The molecule has 4 aromatic rings. The Morgan fingerprint density at radius 2 is 1.69 bits per heavy atom. The standard InChI is InChI=1S/C26H23N3O3/c30-26(25-17-31-23-12-6-7-13-24(23)32-25)29(16-21-14-27-18-28-21)15-20-10-4-5-11-22(20)19-8-2-1-3-9-19/h1-14,18,25H,15-17H2,(H,27,28). The number of hydrogen-bond acceptors (Lipinski definition) is 4. The van der Waals surface area contributed by atoms with Crippen molar-refractivity contribution >= 4 is 5.91 Å². The first kappa shape index (κ1) is 19.9. The van der Waals surface area contributed by atoms with Gasteiger partial charge in [-0.05, 0) is 28.8 Å². The normalized spacial score (nSPS) is 14.7. The van der Waals surface area contributed by atoms with E-state index in [1.54, 1.807) is 17.4 Å². The molecule has 1 unspecified atom stereocenters. The van der Waals surface area contributed by atoms with Crippen LogP contribution in [-0.2, 0) is 17.9 Å². The minimum absolute atomic E-state index is 0.128. The van der Waals surface area contributed by atoms with Crippen LogP contribution in [0.15, 0.2) is 91.4 Å². The van der Waals surface area contributed by atoms with Crippen molar-refractivity contribution in [2.75, 3.05) is 6.61 Å². The summed E-state index contributed by atoms with van der Waals surface area (Å²) in [6, 6.07) is 25.8. The Bertz CT molecular complexity index is 1190. The van der Waals surface area contributed by atoms with Gasteiger partial charge in [-0.15, -0.1) is 0 Å². The van der Waals surface area contributed by atoms with Crippen LogP contribution in [0.3, 0.4) is 0 Å². The van der Waals surface area contributed by atoms with Gasteiger partial charge < -0.3 is 19.4 Å². The number of carbonyl (C=O) groups is 1. The van der Waals surface area contributed by atoms with E-state index in [-0.39, 0.29) is 12.5 Å². The molecule has 1 aliphatic heterocycles. The van der Waals surface area contributed by atoms with Crippen molar-refractivity contribution in [1.29, 1.82) is 0 Å². The number of rotatable bonds is 6. The summed E-state index contributed by atoms with van der Waals surface area (Å²) in [4.78, 5) is 22.6. The molecule has 1 N–H and O–H groups in total. The molecular formula is C26H23N3O3. The van der Waals surface area contributed by atoms with E-state index >= 15 is 0 Å². The number of amides is 1. The van der Waals surface area contributed by atoms with Crippen LogP contribution in [0.4, 0.5) is 0 Å². The highest BCUT2D eigenvalue weighted by molar-refractivity contribution is 5.82. The van der Waals surface area contributed by atoms with Gasteiger partial charge >= 0.3 is 0 Å². The van der Waals surface area contributed by atoms with Gasteiger partial charge in [-0.3, -0.25) is 4.79 Å². The smallest absolute Gasteiger partial charge is 0.267 e. The maximum absolute atomic E-state index is 13.6. The van der Waals surface area contributed by atoms with Crippen molar-refractivity contribution in [3.63, 3.8) is 0 Å². The molecule has 0 bridgehead atoms. The van der Waals surface area contributed by atoms with Gasteiger partial charge in [-0.1, -0.05) is 66.7 Å². The molecule has 1 aromatic heterocycles. The summed E-state index contributed by atoms with van der Waals surface area (Å²) in [5, 5.41) is 0. The Labute approximate surface area is 186 Å². The van der Waals surface area contributed by atoms with Crippen LogP contribution in [0.25, 0.3) is 11.1 Å². The van der Waals surface area contributed by atoms with Crippen molar-refractivity contribution in [1.82, 2.24) is 14.9 Å². The highest BCUT2D eigenvalue weighted by Gasteiger charge is 2.31. The SMILES string of the molecule is O=C(C1COc2ccccc2O1)N(Cc1cnc[nH]1)Cc1ccccc1-c1ccccc1. The van der Waals surface area contributed by atoms with E-state index < -0.39 is 6.10 Å². The molecule has 32 heavy (non-hydrogen) atoms. The van der Waals surface area contributed by atoms with Gasteiger partial charge in [-0.25, -0.2) is 4.98 Å². The third-order valence-electron chi connectivity index (χ3n) is 5.48. The van der Waals surface area contributed by atoms with Crippen molar-refractivity contribution in [3.8, 4) is 22.6 Å². The molecular weight excluding hydrogens is 402 g/mol. The topological polar surface area (TPSA) is 67.5 Å². The maximum atomic E-state index is 13.6. The molecule has 1 amide bonds. The Morgan fingerprint density at radius 3 is 2.50 bits per heavy atom. The molecule has 160 valence electrons. The van der Waals surface area contributed by atoms with Crippen LogP contribution >= 0.6 is 0 Å². The summed E-state index contributed by atoms with van der Waals surface area (Å²) >= 11 is 0. The Balaban J connectivity index is 1.43. The molecule has 6 nitrogen and oxygen atoms in total. The molecule has 5 rings (SSSR count). The number of para-hydroxylation sites is 2. The van der Waals surface area contributed by atoms with Crippen LogP contribution in [0.5, 0.6) is 11.5 Å². The lowest BCUT2D eigenvalue weighted by Gasteiger charge is -2.31. The molecule has 6 heteroatoms. The fraction of sp³-hybridized carbons (Fsp3) is 0.154. The summed E-state index contributed by atoms with van der Waals surface area (Å²) in [7, 11) is 0. The number of nitrogens with zero attached hydrogens (tertiary/aromatic N) is 2. The quantitative estimate of drug-likeness (QED) is 0.496. The lowest BCUT2D eigenvalue weighted by molar-refractivity contribution is -0.142. The molecule has 0 saturated carbocycles. The Kier molecular flexibility index (Phi) is 5.58. The molecule has 1 atom stereocenters. The second-order valence-corrected chi connectivity index (χ2v) is 7.66. The second kappa shape index (κ2) is 8.98. The van der Waals surface area contributed by atoms with Crippen molar-refractivity contribution < 1.29 is 14.3 Å². The number of hydrogen-bond donors (Lipinski definition) is 1. The van der Waals surface area contributed by atoms with Gasteiger partial charge in [0.25, 0.3) is 5.91 Å². The summed E-state index contributed by atoms with van der Waals surface area (Å²) < 4.78 is 11.8. The molecule has 0 aliphatic carbocycles. The monoisotopic (exact) mass is 425 g/mol. The Hall–Kier alpha value is -4.06. The molecule has 1 aliphatic rings. The number of aromatic nitrogens is 2. The summed E-state index contributed by atoms with van der Waals surface area (Å²) in [5.41, 5.74) is 4.13. The number of ether oxygens (including phenoxy) is 2. The van der Waals surface area contributed by atoms with Crippen LogP contribution < -0.4 is 9.47 Å². The first-order chi connectivity index (χ1) is 15.8. The fourth-order valence-corrected chi connectivity index (χ4v) is 3.90. The third kappa shape index (κ3) is 4.21. The van der Waals surface area contributed by atoms with Gasteiger partial charge in [0.05, 0.1) is 18.6 Å². The number of nitrogens with one attached hydrogen (secondary N) is 1. The molecule has 0 radical (unpaired) electrons. The number of fused-ring (bicyclic) bond motifs is 1. The zero-order chi connectivity index (χ0) is 21.8. The lowest BCUT2D eigenvalue weighted by Crippen LogP contribution is -2.45. The van der Waals surface area contributed by atoms with Gasteiger partial charge in [-0.2, -0.15) is 0 Å². The first-order valence-corrected chi connectivity index (χ1v) is 10.6. The lowest BCUT2D eigenvalue weighted by atomic mass is 9.99. The molecule has 3 aromatic carbocycles. The average molecular weight is 425 g/mol. The zero-order valence-electron chi connectivity index (χ0n) is 17.5. The van der Waals surface area contributed by atoms with E-state index in [2.05, 4.69) is 34.2 Å². The average Bonchev–Trinajstić information content (AvgIpc) is 3.37. The Morgan fingerprint density at radius 1 is 0.938 bits per heavy atom. The highest BCUT2D eigenvalue weighted by atomic mass is 16.6. The van der Waals surface area contributed by atoms with Crippen molar-refractivity contribution in [2.45, 2.75) is 19.2 Å². The van der Waals surface area contributed by atoms with E-state index in [0.717, 1.165) is 22.4 Å². The summed E-state index contributed by atoms with van der Waals surface area (Å²) in [5.74, 6) is 1.12. The van der Waals surface area contributed by atoms with Crippen molar-refractivity contribution in [3.05, 3.63) is 103 Å². The van der Waals surface area contributed by atoms with E-state index in [0.29, 0.717) is 24.6 Å². The van der Waals surface area contributed by atoms with Gasteiger partial charge in [0, 0.05) is 12.7 Å². The molecule has 0 spiro atoms. The molecule has 0 saturated heterocycles. The zero-order valence-corrected chi connectivity index (χ0v) is 17.5. The largest absolute Gasteiger partial charge is 0.485 e. The van der Waals surface area contributed by atoms with Crippen LogP contribution in [0.1, 0.15) is 11.3 Å². The van der Waals surface area contributed by atoms with Gasteiger partial charge in [0.2, 0.25) is 6.10 Å². The number of benzene rings is 3. The third-order valence-corrected chi connectivity index (χ3v) is 5.48. The fourth-order valence-electron chi connectivity index (χ4n) is 3.90. The highest BCUT2D eigenvalue weighted by Crippen LogP contribution is 2.32. The number of carbonyl (C=O) groups excluding carboxylic acids is 1. The van der Waals surface area contributed by atoms with E-state index in [9.17, 15) is 4.79 Å². The maximum Gasteiger partial charge on any atom is 0.267 e. The number of imidazole rings is 1. The summed E-state index contributed by atoms with van der Waals surface area (Å²) in [6.07, 6.45) is 2.64. The number of aromatic amines is 1. The predicted octanol–water partition coefficient (Wildman–Crippen LogP) is 4.45. The minimum atomic E-state index is -0.711. The van der Waals surface area contributed by atoms with Crippen LogP contribution in [0, 0.1) is 0 Å². The second-order valence-electron chi connectivity index (χ2n) is 7.66. The summed E-state index contributed by atoms with van der Waals surface area (Å²) in [6.45, 7) is 1.00. The van der Waals surface area contributed by atoms with E-state index in [1.807, 2.05) is 54.6 Å². The van der Waals surface area contributed by atoms with Gasteiger partial charge in [0.1, 0.15) is 6.61 Å².